The molecule has 7 nitrogen and oxygen atoms in total. The fourth-order valence-corrected chi connectivity index (χ4v) is 3.19. The van der Waals surface area contributed by atoms with Gasteiger partial charge in [-0.3, -0.25) is 4.99 Å². The number of aromatic nitrogens is 4. The molecular weight excluding hydrogens is 369 g/mol. The Hall–Kier alpha value is -3.68. The van der Waals surface area contributed by atoms with Gasteiger partial charge < -0.3 is 15.6 Å². The van der Waals surface area contributed by atoms with E-state index >= 15 is 0 Å². The maximum Gasteiger partial charge on any atom is 0.191 e. The summed E-state index contributed by atoms with van der Waals surface area (Å²) in [5.74, 6) is 1.25. The second kappa shape index (κ2) is 8.55. The lowest BCUT2D eigenvalue weighted by atomic mass is 10.1. The summed E-state index contributed by atoms with van der Waals surface area (Å²) in [6, 6.07) is 10.6. The zero-order chi connectivity index (χ0) is 20.1. The van der Waals surface area contributed by atoms with Crippen LogP contribution in [0.4, 0.5) is 4.39 Å². The number of benzene rings is 1. The maximum absolute atomic E-state index is 13.3. The number of hydrogen-bond donors (Lipinski definition) is 3. The van der Waals surface area contributed by atoms with Gasteiger partial charge in [0.1, 0.15) is 5.82 Å². The number of fused-ring (bicyclic) bond motifs is 1. The minimum absolute atomic E-state index is 0.236. The summed E-state index contributed by atoms with van der Waals surface area (Å²) in [4.78, 5) is 11.7. The van der Waals surface area contributed by atoms with Crippen LogP contribution < -0.4 is 10.6 Å². The third-order valence-corrected chi connectivity index (χ3v) is 4.65. The molecule has 0 spiro atoms. The molecule has 1 aromatic carbocycles. The topological polar surface area (TPSA) is 82.9 Å². The zero-order valence-corrected chi connectivity index (χ0v) is 16.1. The van der Waals surface area contributed by atoms with Crippen LogP contribution in [0.15, 0.2) is 66.2 Å². The lowest BCUT2D eigenvalue weighted by Gasteiger charge is -2.12. The number of halogens is 1. The molecular formula is C21H22FN7. The zero-order valence-electron chi connectivity index (χ0n) is 16.1. The van der Waals surface area contributed by atoms with Gasteiger partial charge in [-0.15, -0.1) is 0 Å². The van der Waals surface area contributed by atoms with Crippen LogP contribution in [0.3, 0.4) is 0 Å². The van der Waals surface area contributed by atoms with Crippen molar-refractivity contribution in [2.45, 2.75) is 13.0 Å². The second-order valence-corrected chi connectivity index (χ2v) is 6.58. The van der Waals surface area contributed by atoms with Crippen LogP contribution in [-0.2, 0) is 13.0 Å². The van der Waals surface area contributed by atoms with Gasteiger partial charge in [-0.1, -0.05) is 0 Å². The van der Waals surface area contributed by atoms with Gasteiger partial charge in [0.05, 0.1) is 0 Å². The van der Waals surface area contributed by atoms with E-state index in [4.69, 9.17) is 0 Å². The predicted molar refractivity (Wildman–Crippen MR) is 112 cm³/mol. The van der Waals surface area contributed by atoms with Gasteiger partial charge in [0.25, 0.3) is 0 Å². The number of H-pyrrole nitrogens is 1. The number of aliphatic imine (C=N–C) groups is 1. The Morgan fingerprint density at radius 3 is 2.97 bits per heavy atom. The highest BCUT2D eigenvalue weighted by atomic mass is 19.1. The quantitative estimate of drug-likeness (QED) is 0.349. The molecule has 3 heterocycles. The molecule has 0 aliphatic rings. The molecule has 0 aliphatic carbocycles. The number of aromatic amines is 1. The molecule has 3 N–H and O–H groups in total. The van der Waals surface area contributed by atoms with E-state index in [0.29, 0.717) is 19.0 Å². The third-order valence-electron chi connectivity index (χ3n) is 4.65. The first-order valence-electron chi connectivity index (χ1n) is 9.38. The molecule has 0 amide bonds. The first-order chi connectivity index (χ1) is 14.2. The molecule has 148 valence electrons. The van der Waals surface area contributed by atoms with E-state index in [2.05, 4.69) is 30.7 Å². The van der Waals surface area contributed by atoms with E-state index in [9.17, 15) is 4.39 Å². The smallest absolute Gasteiger partial charge is 0.191 e. The van der Waals surface area contributed by atoms with Crippen molar-refractivity contribution in [3.63, 3.8) is 0 Å². The van der Waals surface area contributed by atoms with E-state index in [1.54, 1.807) is 24.1 Å². The standard InChI is InChI=1S/C21H22FN7/c1-23-21(25-9-6-16-14-26-19-12-17(22)3-4-18(16)19)27-13-15-5-8-24-20(11-15)29-10-2-7-28-29/h2-5,7-8,10-12,14,26H,6,9,13H2,1H3,(H2,23,25,27). The molecule has 0 atom stereocenters. The van der Waals surface area contributed by atoms with Crippen molar-refractivity contribution < 1.29 is 4.39 Å². The number of nitrogens with one attached hydrogen (secondary N) is 3. The van der Waals surface area contributed by atoms with Gasteiger partial charge in [0.15, 0.2) is 11.8 Å². The molecule has 4 aromatic rings. The van der Waals surface area contributed by atoms with Crippen LogP contribution in [0.25, 0.3) is 16.7 Å². The summed E-state index contributed by atoms with van der Waals surface area (Å²) in [5.41, 5.74) is 3.03. The van der Waals surface area contributed by atoms with Crippen molar-refractivity contribution in [2.75, 3.05) is 13.6 Å². The van der Waals surface area contributed by atoms with Gasteiger partial charge in [-0.05, 0) is 53.9 Å². The summed E-state index contributed by atoms with van der Waals surface area (Å²) in [5, 5.41) is 11.9. The highest BCUT2D eigenvalue weighted by Crippen LogP contribution is 2.19. The Morgan fingerprint density at radius 1 is 1.21 bits per heavy atom. The molecule has 8 heteroatoms. The summed E-state index contributed by atoms with van der Waals surface area (Å²) in [7, 11) is 1.74. The minimum Gasteiger partial charge on any atom is -0.361 e. The average molecular weight is 391 g/mol. The molecule has 3 aromatic heterocycles. The first kappa shape index (κ1) is 18.7. The van der Waals surface area contributed by atoms with Crippen LogP contribution in [0, 0.1) is 5.82 Å². The number of pyridine rings is 1. The summed E-state index contributed by atoms with van der Waals surface area (Å²) in [6.07, 6.45) is 8.08. The van der Waals surface area contributed by atoms with Crippen LogP contribution in [0.2, 0.25) is 0 Å². The van der Waals surface area contributed by atoms with Gasteiger partial charge >= 0.3 is 0 Å². The highest BCUT2D eigenvalue weighted by molar-refractivity contribution is 5.83. The minimum atomic E-state index is -0.236. The number of rotatable bonds is 6. The van der Waals surface area contributed by atoms with Gasteiger partial charge in [0.2, 0.25) is 0 Å². The van der Waals surface area contributed by atoms with Crippen LogP contribution in [0.5, 0.6) is 0 Å². The van der Waals surface area contributed by atoms with Crippen molar-refractivity contribution in [1.29, 1.82) is 0 Å². The lowest BCUT2D eigenvalue weighted by Crippen LogP contribution is -2.37. The van der Waals surface area contributed by atoms with Crippen LogP contribution >= 0.6 is 0 Å². The van der Waals surface area contributed by atoms with Crippen molar-refractivity contribution in [2.24, 2.45) is 4.99 Å². The van der Waals surface area contributed by atoms with Crippen LogP contribution in [-0.4, -0.2) is 39.3 Å². The monoisotopic (exact) mass is 391 g/mol. The van der Waals surface area contributed by atoms with Crippen molar-refractivity contribution >= 4 is 16.9 Å². The fraction of sp³-hybridized carbons (Fsp3) is 0.190. The van der Waals surface area contributed by atoms with Gasteiger partial charge in [-0.25, -0.2) is 14.1 Å². The SMILES string of the molecule is CN=C(NCCc1c[nH]c2cc(F)ccc12)NCc1ccnc(-n2cccn2)c1. The van der Waals surface area contributed by atoms with Crippen molar-refractivity contribution in [1.82, 2.24) is 30.4 Å². The van der Waals surface area contributed by atoms with E-state index < -0.39 is 0 Å². The van der Waals surface area contributed by atoms with E-state index in [0.717, 1.165) is 34.3 Å². The first-order valence-corrected chi connectivity index (χ1v) is 9.38. The Bertz CT molecular complexity index is 1120. The predicted octanol–water partition coefficient (Wildman–Crippen LogP) is 2.80. The lowest BCUT2D eigenvalue weighted by molar-refractivity contribution is 0.629. The molecule has 0 aliphatic heterocycles. The van der Waals surface area contributed by atoms with E-state index in [-0.39, 0.29) is 5.82 Å². The summed E-state index contributed by atoms with van der Waals surface area (Å²) >= 11 is 0. The molecule has 0 unspecified atom stereocenters. The number of nitrogens with zero attached hydrogens (tertiary/aromatic N) is 4. The fourth-order valence-electron chi connectivity index (χ4n) is 3.19. The molecule has 4 rings (SSSR count). The molecule has 0 saturated heterocycles. The molecule has 29 heavy (non-hydrogen) atoms. The molecule has 0 fully saturated rings. The number of hydrogen-bond acceptors (Lipinski definition) is 3. The van der Waals surface area contributed by atoms with Crippen molar-refractivity contribution in [3.8, 4) is 5.82 Å². The Balaban J connectivity index is 1.31. The van der Waals surface area contributed by atoms with Gasteiger partial charge in [0, 0.05) is 55.8 Å². The molecule has 0 bridgehead atoms. The van der Waals surface area contributed by atoms with E-state index in [1.165, 1.54) is 12.1 Å². The Kier molecular flexibility index (Phi) is 5.51. The maximum atomic E-state index is 13.3. The normalized spacial score (nSPS) is 11.7. The van der Waals surface area contributed by atoms with Gasteiger partial charge in [-0.2, -0.15) is 5.10 Å². The highest BCUT2D eigenvalue weighted by Gasteiger charge is 2.06. The average Bonchev–Trinajstić information content (AvgIpc) is 3.41. The number of guanidine groups is 1. The largest absolute Gasteiger partial charge is 0.361 e. The summed E-state index contributed by atoms with van der Waals surface area (Å²) in [6.45, 7) is 1.32. The van der Waals surface area contributed by atoms with Crippen LogP contribution in [0.1, 0.15) is 11.1 Å². The second-order valence-electron chi connectivity index (χ2n) is 6.58. The van der Waals surface area contributed by atoms with Crippen molar-refractivity contribution in [3.05, 3.63) is 78.1 Å². The third kappa shape index (κ3) is 4.43. The Morgan fingerprint density at radius 2 is 2.14 bits per heavy atom. The van der Waals surface area contributed by atoms with E-state index in [1.807, 2.05) is 36.7 Å². The summed E-state index contributed by atoms with van der Waals surface area (Å²) < 4.78 is 15.0. The Labute approximate surface area is 167 Å². The molecule has 0 saturated carbocycles. The molecule has 0 radical (unpaired) electrons.